The molecule has 0 amide bonds. The Hall–Kier alpha value is -2.84. The number of rotatable bonds is 1. The molecule has 5 heteroatoms. The molecule has 1 aliphatic rings. The summed E-state index contributed by atoms with van der Waals surface area (Å²) in [6.07, 6.45) is 7.27. The summed E-state index contributed by atoms with van der Waals surface area (Å²) in [5.74, 6) is 6.41. The number of benzene rings is 1. The maximum absolute atomic E-state index is 10.4. The van der Waals surface area contributed by atoms with Crippen LogP contribution in [0.15, 0.2) is 42.7 Å². The van der Waals surface area contributed by atoms with Crippen LogP contribution in [0.4, 0.5) is 5.95 Å². The Bertz CT molecular complexity index is 958. The van der Waals surface area contributed by atoms with Crippen molar-refractivity contribution in [3.05, 3.63) is 48.3 Å². The highest BCUT2D eigenvalue weighted by Gasteiger charge is 2.28. The highest BCUT2D eigenvalue weighted by molar-refractivity contribution is 5.78. The van der Waals surface area contributed by atoms with E-state index >= 15 is 0 Å². The van der Waals surface area contributed by atoms with E-state index in [1.54, 1.807) is 6.20 Å². The number of aliphatic hydroxyl groups is 1. The average Bonchev–Trinajstić information content (AvgIpc) is 3.20. The Morgan fingerprint density at radius 2 is 2.04 bits per heavy atom. The van der Waals surface area contributed by atoms with Gasteiger partial charge in [0.2, 0.25) is 5.95 Å². The average molecular weight is 318 g/mol. The molecule has 0 unspecified atom stereocenters. The van der Waals surface area contributed by atoms with Crippen LogP contribution in [-0.4, -0.2) is 25.2 Å². The fraction of sp³-hybridized carbons (Fsp3) is 0.263. The summed E-state index contributed by atoms with van der Waals surface area (Å²) in [5, 5.41) is 11.3. The second-order valence-corrected chi connectivity index (χ2v) is 6.23. The number of nitrogens with two attached hydrogens (primary N) is 1. The molecule has 0 atom stereocenters. The minimum atomic E-state index is -0.822. The van der Waals surface area contributed by atoms with Gasteiger partial charge in [0.1, 0.15) is 11.2 Å². The van der Waals surface area contributed by atoms with Gasteiger partial charge in [-0.2, -0.15) is 4.98 Å². The van der Waals surface area contributed by atoms with Crippen LogP contribution in [0.3, 0.4) is 0 Å². The predicted octanol–water partition coefficient (Wildman–Crippen LogP) is 2.66. The molecule has 2 aromatic heterocycles. The first-order valence-electron chi connectivity index (χ1n) is 8.09. The van der Waals surface area contributed by atoms with Crippen molar-refractivity contribution in [3.63, 3.8) is 0 Å². The van der Waals surface area contributed by atoms with Gasteiger partial charge in [-0.15, -0.1) is 0 Å². The van der Waals surface area contributed by atoms with E-state index in [9.17, 15) is 5.11 Å². The van der Waals surface area contributed by atoms with Crippen LogP contribution in [0.5, 0.6) is 0 Å². The monoisotopic (exact) mass is 318 g/mol. The minimum absolute atomic E-state index is 0.252. The van der Waals surface area contributed by atoms with Crippen LogP contribution in [0.1, 0.15) is 31.2 Å². The molecular formula is C19H18N4O. The van der Waals surface area contributed by atoms with Gasteiger partial charge in [0.15, 0.2) is 0 Å². The quantitative estimate of drug-likeness (QED) is 0.676. The molecular weight excluding hydrogens is 300 g/mol. The first kappa shape index (κ1) is 14.7. The van der Waals surface area contributed by atoms with Crippen molar-refractivity contribution in [2.45, 2.75) is 31.3 Å². The van der Waals surface area contributed by atoms with Gasteiger partial charge in [-0.1, -0.05) is 17.9 Å². The van der Waals surface area contributed by atoms with Gasteiger partial charge in [-0.25, -0.2) is 4.98 Å². The molecule has 0 radical (unpaired) electrons. The molecule has 1 saturated carbocycles. The molecule has 0 aliphatic heterocycles. The number of aromatic nitrogens is 3. The van der Waals surface area contributed by atoms with Crippen LogP contribution >= 0.6 is 0 Å². The number of fused-ring (bicyclic) bond motifs is 1. The smallest absolute Gasteiger partial charge is 0.221 e. The lowest BCUT2D eigenvalue weighted by molar-refractivity contribution is 0.110. The molecule has 4 rings (SSSR count). The number of anilines is 1. The van der Waals surface area contributed by atoms with Crippen molar-refractivity contribution in [1.29, 1.82) is 0 Å². The van der Waals surface area contributed by atoms with Gasteiger partial charge in [0.25, 0.3) is 0 Å². The maximum atomic E-state index is 10.4. The van der Waals surface area contributed by atoms with E-state index < -0.39 is 5.60 Å². The zero-order valence-electron chi connectivity index (χ0n) is 13.2. The van der Waals surface area contributed by atoms with E-state index in [-0.39, 0.29) is 5.95 Å². The highest BCUT2D eigenvalue weighted by Crippen LogP contribution is 2.28. The molecule has 2 heterocycles. The summed E-state index contributed by atoms with van der Waals surface area (Å²) in [6.45, 7) is 0. The lowest BCUT2D eigenvalue weighted by Gasteiger charge is -2.12. The zero-order valence-corrected chi connectivity index (χ0v) is 13.2. The van der Waals surface area contributed by atoms with Crippen molar-refractivity contribution in [3.8, 4) is 17.5 Å². The van der Waals surface area contributed by atoms with Crippen molar-refractivity contribution >= 4 is 17.0 Å². The third-order valence-electron chi connectivity index (χ3n) is 4.44. The largest absolute Gasteiger partial charge is 0.378 e. The van der Waals surface area contributed by atoms with E-state index in [0.717, 1.165) is 48.0 Å². The van der Waals surface area contributed by atoms with Crippen LogP contribution in [0.25, 0.3) is 16.7 Å². The molecule has 5 nitrogen and oxygen atoms in total. The molecule has 1 aromatic carbocycles. The van der Waals surface area contributed by atoms with Gasteiger partial charge in [-0.3, -0.25) is 0 Å². The lowest BCUT2D eigenvalue weighted by Crippen LogP contribution is -2.20. The Balaban J connectivity index is 1.72. The molecule has 3 aromatic rings. The molecule has 1 fully saturated rings. The molecule has 24 heavy (non-hydrogen) atoms. The fourth-order valence-corrected chi connectivity index (χ4v) is 3.15. The van der Waals surface area contributed by atoms with Crippen molar-refractivity contribution in [2.24, 2.45) is 0 Å². The standard InChI is InChI=1S/C19H18N4O/c20-18-21-13-15-7-11-23(17(15)22-18)16-5-3-4-14(12-16)6-10-19(24)8-1-2-9-19/h3-5,7,11-13,24H,1-2,8-9H2,(H2,20,21,22). The van der Waals surface area contributed by atoms with Crippen LogP contribution in [0.2, 0.25) is 0 Å². The first-order valence-corrected chi connectivity index (χ1v) is 8.09. The maximum Gasteiger partial charge on any atom is 0.221 e. The van der Waals surface area contributed by atoms with Gasteiger partial charge >= 0.3 is 0 Å². The molecule has 0 bridgehead atoms. The summed E-state index contributed by atoms with van der Waals surface area (Å²) >= 11 is 0. The first-order chi connectivity index (χ1) is 11.6. The molecule has 3 N–H and O–H groups in total. The van der Waals surface area contributed by atoms with E-state index in [4.69, 9.17) is 5.73 Å². The second-order valence-electron chi connectivity index (χ2n) is 6.23. The lowest BCUT2D eigenvalue weighted by atomic mass is 10.0. The van der Waals surface area contributed by atoms with Gasteiger partial charge in [0, 0.05) is 29.0 Å². The fourth-order valence-electron chi connectivity index (χ4n) is 3.15. The zero-order chi connectivity index (χ0) is 16.6. The third kappa shape index (κ3) is 2.72. The Labute approximate surface area is 140 Å². The van der Waals surface area contributed by atoms with E-state index in [1.165, 1.54) is 0 Å². The Morgan fingerprint density at radius 3 is 2.88 bits per heavy atom. The Morgan fingerprint density at radius 1 is 1.21 bits per heavy atom. The molecule has 120 valence electrons. The normalized spacial score (nSPS) is 16.0. The molecule has 0 spiro atoms. The van der Waals surface area contributed by atoms with E-state index in [1.807, 2.05) is 41.1 Å². The summed E-state index contributed by atoms with van der Waals surface area (Å²) in [7, 11) is 0. The third-order valence-corrected chi connectivity index (χ3v) is 4.44. The number of nitrogen functional groups attached to an aromatic ring is 1. The van der Waals surface area contributed by atoms with Crippen LogP contribution in [0, 0.1) is 11.8 Å². The topological polar surface area (TPSA) is 77.0 Å². The van der Waals surface area contributed by atoms with Crippen LogP contribution in [-0.2, 0) is 0 Å². The van der Waals surface area contributed by atoms with Gasteiger partial charge in [-0.05, 0) is 49.9 Å². The summed E-state index contributed by atoms with van der Waals surface area (Å²) < 4.78 is 1.96. The number of nitrogens with zero attached hydrogens (tertiary/aromatic N) is 3. The minimum Gasteiger partial charge on any atom is -0.378 e. The van der Waals surface area contributed by atoms with Crippen molar-refractivity contribution < 1.29 is 5.11 Å². The van der Waals surface area contributed by atoms with Gasteiger partial charge in [0.05, 0.1) is 0 Å². The SMILES string of the molecule is Nc1ncc2ccn(-c3cccc(C#CC4(O)CCCC4)c3)c2n1. The number of hydrogen-bond acceptors (Lipinski definition) is 4. The second kappa shape index (κ2) is 5.66. The van der Waals surface area contributed by atoms with Gasteiger partial charge < -0.3 is 15.4 Å². The Kier molecular flexibility index (Phi) is 3.47. The van der Waals surface area contributed by atoms with E-state index in [0.29, 0.717) is 0 Å². The summed E-state index contributed by atoms with van der Waals surface area (Å²) in [5.41, 5.74) is 7.47. The summed E-state index contributed by atoms with van der Waals surface area (Å²) in [6, 6.07) is 9.84. The molecule has 1 aliphatic carbocycles. The van der Waals surface area contributed by atoms with Crippen molar-refractivity contribution in [1.82, 2.24) is 14.5 Å². The van der Waals surface area contributed by atoms with Crippen molar-refractivity contribution in [2.75, 3.05) is 5.73 Å². The molecule has 0 saturated heterocycles. The number of hydrogen-bond donors (Lipinski definition) is 2. The summed E-state index contributed by atoms with van der Waals surface area (Å²) in [4.78, 5) is 8.33. The highest BCUT2D eigenvalue weighted by atomic mass is 16.3. The predicted molar refractivity (Wildman–Crippen MR) is 93.6 cm³/mol. The van der Waals surface area contributed by atoms with E-state index in [2.05, 4.69) is 21.8 Å². The van der Waals surface area contributed by atoms with Crippen LogP contribution < -0.4 is 5.73 Å².